The number of sulfonamides is 1. The van der Waals surface area contributed by atoms with Crippen LogP contribution in [0, 0.1) is 0 Å². The number of carbonyl (C=O) groups is 1. The third kappa shape index (κ3) is 3.43. The van der Waals surface area contributed by atoms with Crippen molar-refractivity contribution in [3.8, 4) is 0 Å². The molecule has 1 saturated carbocycles. The van der Waals surface area contributed by atoms with Gasteiger partial charge in [-0.05, 0) is 49.2 Å². The Morgan fingerprint density at radius 2 is 1.80 bits per heavy atom. The molecule has 2 heterocycles. The highest BCUT2D eigenvalue weighted by Gasteiger charge is 2.33. The van der Waals surface area contributed by atoms with Gasteiger partial charge in [0.05, 0.1) is 4.90 Å². The summed E-state index contributed by atoms with van der Waals surface area (Å²) < 4.78 is 26.9. The molecule has 0 radical (unpaired) electrons. The number of hydrogen-bond donors (Lipinski definition) is 1. The predicted molar refractivity (Wildman–Crippen MR) is 92.7 cm³/mol. The lowest BCUT2D eigenvalue weighted by Gasteiger charge is -2.39. The minimum atomic E-state index is -3.48. The fourth-order valence-corrected chi connectivity index (χ4v) is 4.20. The van der Waals surface area contributed by atoms with Gasteiger partial charge in [-0.1, -0.05) is 6.07 Å². The monoisotopic (exact) mass is 357 g/mol. The van der Waals surface area contributed by atoms with E-state index in [2.05, 4.69) is 9.71 Å². The van der Waals surface area contributed by atoms with Crippen LogP contribution >= 0.6 is 0 Å². The molecule has 2 aromatic rings. The van der Waals surface area contributed by atoms with Crippen molar-refractivity contribution in [1.29, 1.82) is 0 Å². The smallest absolute Gasteiger partial charge is 0.253 e. The van der Waals surface area contributed by atoms with Gasteiger partial charge in [-0.25, -0.2) is 13.1 Å². The van der Waals surface area contributed by atoms with Crippen LogP contribution in [0.2, 0.25) is 0 Å². The summed E-state index contributed by atoms with van der Waals surface area (Å²) >= 11 is 0. The Hall–Kier alpha value is -2.25. The molecule has 6 nitrogen and oxygen atoms in total. The molecule has 1 aliphatic carbocycles. The number of rotatable bonds is 5. The number of hydrogen-bond acceptors (Lipinski definition) is 4. The van der Waals surface area contributed by atoms with Crippen molar-refractivity contribution in [3.05, 3.63) is 59.9 Å². The average molecular weight is 357 g/mol. The summed E-state index contributed by atoms with van der Waals surface area (Å²) in [5.41, 5.74) is 1.50. The SMILES string of the molecule is O=C(c1ccc(S(=O)(=O)NC2CC2)cc1)N1CC(c2ccccn2)C1. The summed E-state index contributed by atoms with van der Waals surface area (Å²) in [6, 6.07) is 12.0. The number of amides is 1. The van der Waals surface area contributed by atoms with E-state index in [0.717, 1.165) is 18.5 Å². The van der Waals surface area contributed by atoms with Crippen molar-refractivity contribution in [3.63, 3.8) is 0 Å². The van der Waals surface area contributed by atoms with Gasteiger partial charge in [0.2, 0.25) is 10.0 Å². The van der Waals surface area contributed by atoms with Crippen LogP contribution in [-0.2, 0) is 10.0 Å². The molecule has 25 heavy (non-hydrogen) atoms. The Morgan fingerprint density at radius 1 is 1.08 bits per heavy atom. The van der Waals surface area contributed by atoms with Crippen molar-refractivity contribution in [2.45, 2.75) is 29.7 Å². The Bertz CT molecular complexity index is 872. The van der Waals surface area contributed by atoms with E-state index < -0.39 is 10.0 Å². The number of nitrogens with one attached hydrogen (secondary N) is 1. The minimum Gasteiger partial charge on any atom is -0.337 e. The Labute approximate surface area is 146 Å². The summed E-state index contributed by atoms with van der Waals surface area (Å²) in [7, 11) is -3.48. The lowest BCUT2D eigenvalue weighted by molar-refractivity contribution is 0.0598. The molecule has 1 aromatic carbocycles. The lowest BCUT2D eigenvalue weighted by Crippen LogP contribution is -2.48. The lowest BCUT2D eigenvalue weighted by atomic mass is 9.95. The third-order valence-electron chi connectivity index (χ3n) is 4.59. The quantitative estimate of drug-likeness (QED) is 0.884. The molecular weight excluding hydrogens is 338 g/mol. The number of pyridine rings is 1. The third-order valence-corrected chi connectivity index (χ3v) is 6.12. The van der Waals surface area contributed by atoms with Crippen molar-refractivity contribution in [2.75, 3.05) is 13.1 Å². The van der Waals surface area contributed by atoms with Crippen LogP contribution in [0.15, 0.2) is 53.6 Å². The normalized spacial score (nSPS) is 18.0. The maximum absolute atomic E-state index is 12.5. The van der Waals surface area contributed by atoms with Crippen LogP contribution in [-0.4, -0.2) is 43.3 Å². The molecule has 1 aromatic heterocycles. The van der Waals surface area contributed by atoms with Crippen LogP contribution in [0.25, 0.3) is 0 Å². The van der Waals surface area contributed by atoms with Gasteiger partial charge >= 0.3 is 0 Å². The van der Waals surface area contributed by atoms with Crippen molar-refractivity contribution >= 4 is 15.9 Å². The van der Waals surface area contributed by atoms with E-state index in [1.54, 1.807) is 23.2 Å². The maximum atomic E-state index is 12.5. The minimum absolute atomic E-state index is 0.0657. The van der Waals surface area contributed by atoms with Gasteiger partial charge in [-0.3, -0.25) is 9.78 Å². The number of aromatic nitrogens is 1. The second-order valence-corrected chi connectivity index (χ2v) is 8.30. The highest BCUT2D eigenvalue weighted by molar-refractivity contribution is 7.89. The molecule has 0 bridgehead atoms. The van der Waals surface area contributed by atoms with E-state index in [1.165, 1.54) is 12.1 Å². The zero-order valence-electron chi connectivity index (χ0n) is 13.6. The van der Waals surface area contributed by atoms with Crippen LogP contribution in [0.4, 0.5) is 0 Å². The van der Waals surface area contributed by atoms with Crippen LogP contribution < -0.4 is 4.72 Å². The first-order chi connectivity index (χ1) is 12.0. The van der Waals surface area contributed by atoms with E-state index in [1.807, 2.05) is 18.2 Å². The molecule has 1 N–H and O–H groups in total. The molecule has 1 saturated heterocycles. The fraction of sp³-hybridized carbons (Fsp3) is 0.333. The van der Waals surface area contributed by atoms with Gasteiger partial charge in [0.25, 0.3) is 5.91 Å². The van der Waals surface area contributed by atoms with Gasteiger partial charge in [0.15, 0.2) is 0 Å². The first kappa shape index (κ1) is 16.2. The molecule has 7 heteroatoms. The fourth-order valence-electron chi connectivity index (χ4n) is 2.90. The number of carbonyl (C=O) groups excluding carboxylic acids is 1. The topological polar surface area (TPSA) is 79.4 Å². The zero-order chi connectivity index (χ0) is 17.4. The molecule has 4 rings (SSSR count). The standard InChI is InChI=1S/C18H19N3O3S/c22-18(21-11-14(12-21)17-3-1-2-10-19-17)13-4-8-16(9-5-13)25(23,24)20-15-6-7-15/h1-5,8-10,14-15,20H,6-7,11-12H2. The molecule has 2 aliphatic rings. The molecule has 0 unspecified atom stereocenters. The summed E-state index contributed by atoms with van der Waals surface area (Å²) in [5, 5.41) is 0. The molecule has 1 amide bonds. The molecule has 2 fully saturated rings. The molecule has 0 spiro atoms. The average Bonchev–Trinajstić information content (AvgIpc) is 3.38. The predicted octanol–water partition coefficient (Wildman–Crippen LogP) is 1.76. The van der Waals surface area contributed by atoms with E-state index in [4.69, 9.17) is 0 Å². The number of likely N-dealkylation sites (tertiary alicyclic amines) is 1. The second-order valence-electron chi connectivity index (χ2n) is 6.58. The summed E-state index contributed by atoms with van der Waals surface area (Å²) in [5.74, 6) is 0.193. The Balaban J connectivity index is 1.40. The molecule has 1 aliphatic heterocycles. The Kier molecular flexibility index (Phi) is 4.05. The molecular formula is C18H19N3O3S. The molecule has 0 atom stereocenters. The van der Waals surface area contributed by atoms with Gasteiger partial charge in [-0.15, -0.1) is 0 Å². The summed E-state index contributed by atoms with van der Waals surface area (Å²) in [6.45, 7) is 1.28. The second kappa shape index (κ2) is 6.24. The first-order valence-corrected chi connectivity index (χ1v) is 9.84. The first-order valence-electron chi connectivity index (χ1n) is 8.35. The van der Waals surface area contributed by atoms with Crippen molar-refractivity contribution in [2.24, 2.45) is 0 Å². The van der Waals surface area contributed by atoms with E-state index in [9.17, 15) is 13.2 Å². The largest absolute Gasteiger partial charge is 0.337 e. The molecule has 130 valence electrons. The van der Waals surface area contributed by atoms with Crippen molar-refractivity contribution < 1.29 is 13.2 Å². The van der Waals surface area contributed by atoms with Gasteiger partial charge in [-0.2, -0.15) is 0 Å². The van der Waals surface area contributed by atoms with E-state index >= 15 is 0 Å². The van der Waals surface area contributed by atoms with E-state index in [-0.39, 0.29) is 22.8 Å². The summed E-state index contributed by atoms with van der Waals surface area (Å²) in [6.07, 6.45) is 3.54. The van der Waals surface area contributed by atoms with Gasteiger partial charge in [0, 0.05) is 42.5 Å². The summed E-state index contributed by atoms with van der Waals surface area (Å²) in [4.78, 5) is 18.8. The van der Waals surface area contributed by atoms with Gasteiger partial charge in [0.1, 0.15) is 0 Å². The number of benzene rings is 1. The zero-order valence-corrected chi connectivity index (χ0v) is 14.4. The highest BCUT2D eigenvalue weighted by Crippen LogP contribution is 2.27. The van der Waals surface area contributed by atoms with E-state index in [0.29, 0.717) is 18.7 Å². The number of nitrogens with zero attached hydrogens (tertiary/aromatic N) is 2. The Morgan fingerprint density at radius 3 is 2.40 bits per heavy atom. The maximum Gasteiger partial charge on any atom is 0.253 e. The van der Waals surface area contributed by atoms with Crippen molar-refractivity contribution in [1.82, 2.24) is 14.6 Å². The highest BCUT2D eigenvalue weighted by atomic mass is 32.2. The van der Waals surface area contributed by atoms with Crippen LogP contribution in [0.5, 0.6) is 0 Å². The van der Waals surface area contributed by atoms with Crippen LogP contribution in [0.3, 0.4) is 0 Å². The van der Waals surface area contributed by atoms with Gasteiger partial charge < -0.3 is 4.90 Å². The van der Waals surface area contributed by atoms with Crippen LogP contribution in [0.1, 0.15) is 34.8 Å².